The van der Waals surface area contributed by atoms with E-state index in [-0.39, 0.29) is 0 Å². The van der Waals surface area contributed by atoms with Crippen molar-refractivity contribution in [1.29, 1.82) is 0 Å². The fourth-order valence-electron chi connectivity index (χ4n) is 1.45. The normalized spacial score (nSPS) is 13.4. The van der Waals surface area contributed by atoms with Gasteiger partial charge >= 0.3 is 0 Å². The molecule has 1 rings (SSSR count). The smallest absolute Gasteiger partial charge is 0.0617 e. The van der Waals surface area contributed by atoms with Gasteiger partial charge in [-0.15, -0.1) is 0 Å². The van der Waals surface area contributed by atoms with Crippen LogP contribution >= 0.6 is 10.6 Å². The quantitative estimate of drug-likeness (QED) is 0.784. The molecule has 0 bridgehead atoms. The van der Waals surface area contributed by atoms with Crippen LogP contribution in [0.2, 0.25) is 0 Å². The molecular weight excluding hydrogens is 196 g/mol. The maximum absolute atomic E-state index is 9.68. The first-order valence-electron chi connectivity index (χ1n) is 4.66. The first kappa shape index (κ1) is 11.6. The Morgan fingerprint density at radius 1 is 1.21 bits per heavy atom. The van der Waals surface area contributed by atoms with Crippen LogP contribution in [0, 0.1) is 6.92 Å². The summed E-state index contributed by atoms with van der Waals surface area (Å²) < 4.78 is 19.4. The van der Waals surface area contributed by atoms with Crippen LogP contribution in [0.5, 0.6) is 0 Å². The van der Waals surface area contributed by atoms with Gasteiger partial charge in [-0.2, -0.15) is 10.6 Å². The second-order valence-electron chi connectivity index (χ2n) is 4.03. The SMILES string of the molecule is Cc1ccc(C(C)C)c(S(C)(O)O)c1. The molecule has 0 amide bonds. The molecule has 1 aromatic rings. The van der Waals surface area contributed by atoms with E-state index in [1.165, 1.54) is 6.26 Å². The number of aryl methyl sites for hydroxylation is 1. The minimum atomic E-state index is -2.60. The van der Waals surface area contributed by atoms with Crippen molar-refractivity contribution in [3.8, 4) is 0 Å². The molecule has 0 spiro atoms. The molecular formula is C11H18O2S. The van der Waals surface area contributed by atoms with Crippen LogP contribution in [0.15, 0.2) is 23.1 Å². The summed E-state index contributed by atoms with van der Waals surface area (Å²) in [4.78, 5) is 0.688. The molecule has 0 aliphatic rings. The lowest BCUT2D eigenvalue weighted by Crippen LogP contribution is -2.02. The van der Waals surface area contributed by atoms with Gasteiger partial charge in [0, 0.05) is 6.26 Å². The molecule has 0 saturated heterocycles. The highest BCUT2D eigenvalue weighted by Gasteiger charge is 2.15. The Morgan fingerprint density at radius 3 is 2.21 bits per heavy atom. The monoisotopic (exact) mass is 214 g/mol. The van der Waals surface area contributed by atoms with Crippen molar-refractivity contribution in [1.82, 2.24) is 0 Å². The second kappa shape index (κ2) is 3.93. The highest BCUT2D eigenvalue weighted by molar-refractivity contribution is 8.23. The summed E-state index contributed by atoms with van der Waals surface area (Å²) in [7, 11) is -2.60. The van der Waals surface area contributed by atoms with Crippen LogP contribution in [0.25, 0.3) is 0 Å². The minimum Gasteiger partial charge on any atom is -0.295 e. The van der Waals surface area contributed by atoms with Crippen molar-refractivity contribution in [3.63, 3.8) is 0 Å². The Kier molecular flexibility index (Phi) is 3.24. The molecule has 0 aromatic heterocycles. The van der Waals surface area contributed by atoms with E-state index in [1.807, 2.05) is 25.1 Å². The Labute approximate surface area is 87.3 Å². The summed E-state index contributed by atoms with van der Waals surface area (Å²) in [6.07, 6.45) is 1.48. The zero-order chi connectivity index (χ0) is 10.9. The van der Waals surface area contributed by atoms with Crippen LogP contribution in [-0.4, -0.2) is 15.4 Å². The predicted octanol–water partition coefficient (Wildman–Crippen LogP) is 3.86. The molecule has 2 nitrogen and oxygen atoms in total. The van der Waals surface area contributed by atoms with Gasteiger partial charge in [0.2, 0.25) is 0 Å². The van der Waals surface area contributed by atoms with E-state index < -0.39 is 10.6 Å². The fourth-order valence-corrected chi connectivity index (χ4v) is 2.61. The summed E-state index contributed by atoms with van der Waals surface area (Å²) in [5, 5.41) is 0. The molecule has 0 saturated carbocycles. The molecule has 80 valence electrons. The van der Waals surface area contributed by atoms with Gasteiger partial charge in [0.1, 0.15) is 0 Å². The molecule has 0 fully saturated rings. The number of benzene rings is 1. The van der Waals surface area contributed by atoms with E-state index in [2.05, 4.69) is 13.8 Å². The molecule has 0 aliphatic carbocycles. The predicted molar refractivity (Wildman–Crippen MR) is 62.3 cm³/mol. The van der Waals surface area contributed by atoms with Crippen molar-refractivity contribution in [2.24, 2.45) is 0 Å². The molecule has 0 aliphatic heterocycles. The first-order chi connectivity index (χ1) is 6.32. The van der Waals surface area contributed by atoms with Gasteiger partial charge in [-0.05, 0) is 30.0 Å². The Morgan fingerprint density at radius 2 is 1.79 bits per heavy atom. The first-order valence-corrected chi connectivity index (χ1v) is 6.61. The Bertz CT molecular complexity index is 327. The number of rotatable bonds is 2. The maximum atomic E-state index is 9.68. The summed E-state index contributed by atoms with van der Waals surface area (Å²) >= 11 is 0. The molecule has 0 atom stereocenters. The second-order valence-corrected chi connectivity index (χ2v) is 6.14. The Balaban J connectivity index is 3.30. The lowest BCUT2D eigenvalue weighted by Gasteiger charge is -2.30. The van der Waals surface area contributed by atoms with Gasteiger partial charge in [0.25, 0.3) is 0 Å². The molecule has 14 heavy (non-hydrogen) atoms. The van der Waals surface area contributed by atoms with Crippen LogP contribution in [0.3, 0.4) is 0 Å². The zero-order valence-corrected chi connectivity index (χ0v) is 9.93. The van der Waals surface area contributed by atoms with E-state index >= 15 is 0 Å². The van der Waals surface area contributed by atoms with Crippen LogP contribution in [-0.2, 0) is 0 Å². The third-order valence-corrected chi connectivity index (χ3v) is 3.39. The van der Waals surface area contributed by atoms with Crippen LogP contribution in [0.4, 0.5) is 0 Å². The van der Waals surface area contributed by atoms with E-state index in [1.54, 1.807) is 0 Å². The standard InChI is InChI=1S/C11H18O2S/c1-8(2)10-6-5-9(3)7-11(10)14(4,12)13/h5-8,12-13H,1-4H3. The number of hydrogen-bond donors (Lipinski definition) is 2. The highest BCUT2D eigenvalue weighted by atomic mass is 32.3. The van der Waals surface area contributed by atoms with Gasteiger partial charge in [-0.25, -0.2) is 0 Å². The van der Waals surface area contributed by atoms with Crippen molar-refractivity contribution in [2.75, 3.05) is 6.26 Å². The molecule has 1 aromatic carbocycles. The summed E-state index contributed by atoms with van der Waals surface area (Å²) in [5.74, 6) is 0.316. The van der Waals surface area contributed by atoms with Gasteiger partial charge in [0.05, 0.1) is 4.90 Å². The summed E-state index contributed by atoms with van der Waals surface area (Å²) in [6.45, 7) is 6.07. The van der Waals surface area contributed by atoms with E-state index in [4.69, 9.17) is 0 Å². The third kappa shape index (κ3) is 2.50. The van der Waals surface area contributed by atoms with E-state index in [0.29, 0.717) is 10.8 Å². The average molecular weight is 214 g/mol. The Hall–Kier alpha value is -0.510. The van der Waals surface area contributed by atoms with Crippen LogP contribution < -0.4 is 0 Å². The van der Waals surface area contributed by atoms with Crippen molar-refractivity contribution in [2.45, 2.75) is 31.6 Å². The third-order valence-electron chi connectivity index (χ3n) is 2.21. The molecule has 3 heteroatoms. The summed E-state index contributed by atoms with van der Waals surface area (Å²) in [6, 6.07) is 5.85. The molecule has 0 radical (unpaired) electrons. The topological polar surface area (TPSA) is 40.5 Å². The van der Waals surface area contributed by atoms with Gasteiger partial charge in [0.15, 0.2) is 0 Å². The zero-order valence-electron chi connectivity index (χ0n) is 9.11. The molecule has 0 heterocycles. The summed E-state index contributed by atoms with van der Waals surface area (Å²) in [5.41, 5.74) is 2.09. The fraction of sp³-hybridized carbons (Fsp3) is 0.455. The van der Waals surface area contributed by atoms with Gasteiger partial charge in [-0.1, -0.05) is 26.0 Å². The average Bonchev–Trinajstić information content (AvgIpc) is 2.01. The minimum absolute atomic E-state index is 0.316. The molecule has 2 N–H and O–H groups in total. The van der Waals surface area contributed by atoms with Crippen molar-refractivity contribution < 1.29 is 9.11 Å². The van der Waals surface area contributed by atoms with Gasteiger partial charge in [-0.3, -0.25) is 9.11 Å². The largest absolute Gasteiger partial charge is 0.295 e. The maximum Gasteiger partial charge on any atom is 0.0617 e. The van der Waals surface area contributed by atoms with Gasteiger partial charge < -0.3 is 0 Å². The number of hydrogen-bond acceptors (Lipinski definition) is 2. The van der Waals surface area contributed by atoms with Crippen LogP contribution in [0.1, 0.15) is 30.9 Å². The van der Waals surface area contributed by atoms with E-state index in [0.717, 1.165) is 11.1 Å². The van der Waals surface area contributed by atoms with Crippen molar-refractivity contribution in [3.05, 3.63) is 29.3 Å². The lowest BCUT2D eigenvalue weighted by atomic mass is 10.0. The van der Waals surface area contributed by atoms with E-state index in [9.17, 15) is 9.11 Å². The molecule has 0 unspecified atom stereocenters. The van der Waals surface area contributed by atoms with Crippen molar-refractivity contribution >= 4 is 10.6 Å². The lowest BCUT2D eigenvalue weighted by molar-refractivity contribution is 0.493. The highest BCUT2D eigenvalue weighted by Crippen LogP contribution is 2.47.